The molecule has 0 amide bonds. The van der Waals surface area contributed by atoms with Gasteiger partial charge < -0.3 is 15.2 Å². The molecule has 0 saturated heterocycles. The molecule has 0 saturated carbocycles. The van der Waals surface area contributed by atoms with Gasteiger partial charge >= 0.3 is 5.97 Å². The summed E-state index contributed by atoms with van der Waals surface area (Å²) in [6, 6.07) is 4.26. The summed E-state index contributed by atoms with van der Waals surface area (Å²) in [6.45, 7) is -0.00405. The molecule has 0 radical (unpaired) electrons. The third-order valence-corrected chi connectivity index (χ3v) is 2.30. The number of hydrogen-bond acceptors (Lipinski definition) is 4. The van der Waals surface area contributed by atoms with Crippen LogP contribution in [-0.2, 0) is 9.53 Å². The van der Waals surface area contributed by atoms with E-state index in [2.05, 4.69) is 4.74 Å². The van der Waals surface area contributed by atoms with Gasteiger partial charge in [-0.25, -0.2) is 4.39 Å². The first-order valence-corrected chi connectivity index (χ1v) is 4.75. The molecular formula is C11H14FNO3. The van der Waals surface area contributed by atoms with Gasteiger partial charge in [0.25, 0.3) is 0 Å². The van der Waals surface area contributed by atoms with Crippen LogP contribution in [0, 0.1) is 5.82 Å². The lowest BCUT2D eigenvalue weighted by molar-refractivity contribution is -0.142. The fourth-order valence-electron chi connectivity index (χ4n) is 1.41. The normalized spacial score (nSPS) is 12.0. The summed E-state index contributed by atoms with van der Waals surface area (Å²) < 4.78 is 23.0. The standard InChI is InChI=1S/C11H14FNO3/c1-15-7-3-4-8(10(12)5-7)9(6-13)11(14)16-2/h3-5,9H,6,13H2,1-2H3. The van der Waals surface area contributed by atoms with E-state index >= 15 is 0 Å². The van der Waals surface area contributed by atoms with Gasteiger partial charge in [-0.05, 0) is 6.07 Å². The van der Waals surface area contributed by atoms with Crippen molar-refractivity contribution in [1.82, 2.24) is 0 Å². The second kappa shape index (κ2) is 5.46. The maximum absolute atomic E-state index is 13.6. The molecule has 1 rings (SSSR count). The van der Waals surface area contributed by atoms with E-state index in [1.807, 2.05) is 0 Å². The van der Waals surface area contributed by atoms with Crippen molar-refractivity contribution in [3.63, 3.8) is 0 Å². The van der Waals surface area contributed by atoms with E-state index in [-0.39, 0.29) is 12.1 Å². The smallest absolute Gasteiger partial charge is 0.314 e. The van der Waals surface area contributed by atoms with E-state index in [9.17, 15) is 9.18 Å². The lowest BCUT2D eigenvalue weighted by atomic mass is 9.98. The van der Waals surface area contributed by atoms with Crippen LogP contribution in [0.4, 0.5) is 4.39 Å². The van der Waals surface area contributed by atoms with Gasteiger partial charge in [0.05, 0.1) is 20.1 Å². The van der Waals surface area contributed by atoms with Gasteiger partial charge in [-0.3, -0.25) is 4.79 Å². The van der Waals surface area contributed by atoms with Crippen molar-refractivity contribution < 1.29 is 18.7 Å². The Bertz CT molecular complexity index is 381. The molecule has 1 aromatic rings. The summed E-state index contributed by atoms with van der Waals surface area (Å²) in [5.74, 6) is -1.47. The highest BCUT2D eigenvalue weighted by Gasteiger charge is 2.23. The first kappa shape index (κ1) is 12.4. The van der Waals surface area contributed by atoms with Crippen LogP contribution in [0.15, 0.2) is 18.2 Å². The average Bonchev–Trinajstić information content (AvgIpc) is 2.31. The Morgan fingerprint density at radius 3 is 2.62 bits per heavy atom. The van der Waals surface area contributed by atoms with Crippen molar-refractivity contribution in [2.75, 3.05) is 20.8 Å². The highest BCUT2D eigenvalue weighted by molar-refractivity contribution is 5.78. The molecule has 0 spiro atoms. The van der Waals surface area contributed by atoms with E-state index in [1.165, 1.54) is 26.4 Å². The molecule has 4 nitrogen and oxygen atoms in total. The van der Waals surface area contributed by atoms with Crippen molar-refractivity contribution in [2.24, 2.45) is 5.73 Å². The second-order valence-electron chi connectivity index (χ2n) is 3.20. The first-order chi connectivity index (χ1) is 7.63. The number of nitrogens with two attached hydrogens (primary N) is 1. The predicted octanol–water partition coefficient (Wildman–Crippen LogP) is 1.05. The molecule has 1 aromatic carbocycles. The number of rotatable bonds is 4. The fraction of sp³-hybridized carbons (Fsp3) is 0.364. The topological polar surface area (TPSA) is 61.5 Å². The molecule has 5 heteroatoms. The van der Waals surface area contributed by atoms with Crippen LogP contribution in [0.25, 0.3) is 0 Å². The summed E-state index contributed by atoms with van der Waals surface area (Å²) in [7, 11) is 2.68. The van der Waals surface area contributed by atoms with Gasteiger partial charge in [0, 0.05) is 18.2 Å². The number of carbonyl (C=O) groups is 1. The van der Waals surface area contributed by atoms with Gasteiger partial charge in [-0.2, -0.15) is 0 Å². The van der Waals surface area contributed by atoms with Gasteiger partial charge in [-0.1, -0.05) is 6.07 Å². The van der Waals surface area contributed by atoms with Crippen molar-refractivity contribution in [3.8, 4) is 5.75 Å². The predicted molar refractivity (Wildman–Crippen MR) is 56.8 cm³/mol. The van der Waals surface area contributed by atoms with E-state index in [0.717, 1.165) is 0 Å². The third-order valence-electron chi connectivity index (χ3n) is 2.30. The highest BCUT2D eigenvalue weighted by Crippen LogP contribution is 2.23. The van der Waals surface area contributed by atoms with Gasteiger partial charge in [0.1, 0.15) is 11.6 Å². The van der Waals surface area contributed by atoms with E-state index in [4.69, 9.17) is 10.5 Å². The number of methoxy groups -OCH3 is 2. The summed E-state index contributed by atoms with van der Waals surface area (Å²) in [5.41, 5.74) is 5.64. The number of halogens is 1. The molecular weight excluding hydrogens is 213 g/mol. The van der Waals surface area contributed by atoms with E-state index in [1.54, 1.807) is 6.07 Å². The molecule has 0 aliphatic rings. The molecule has 2 N–H and O–H groups in total. The van der Waals surface area contributed by atoms with Gasteiger partial charge in [0.2, 0.25) is 0 Å². The lowest BCUT2D eigenvalue weighted by Crippen LogP contribution is -2.23. The Labute approximate surface area is 93.2 Å². The van der Waals surface area contributed by atoms with Crippen molar-refractivity contribution >= 4 is 5.97 Å². The van der Waals surface area contributed by atoms with E-state index in [0.29, 0.717) is 5.75 Å². The third kappa shape index (κ3) is 2.49. The zero-order valence-electron chi connectivity index (χ0n) is 9.20. The van der Waals surface area contributed by atoms with Crippen molar-refractivity contribution in [2.45, 2.75) is 5.92 Å². The number of ether oxygens (including phenoxy) is 2. The second-order valence-corrected chi connectivity index (χ2v) is 3.20. The molecule has 88 valence electrons. The Morgan fingerprint density at radius 2 is 2.19 bits per heavy atom. The Morgan fingerprint density at radius 1 is 1.50 bits per heavy atom. The summed E-state index contributed by atoms with van der Waals surface area (Å²) in [6.07, 6.45) is 0. The van der Waals surface area contributed by atoms with E-state index < -0.39 is 17.7 Å². The molecule has 0 aliphatic heterocycles. The van der Waals surface area contributed by atoms with Crippen LogP contribution < -0.4 is 10.5 Å². The van der Waals surface area contributed by atoms with Crippen LogP contribution >= 0.6 is 0 Å². The Hall–Kier alpha value is -1.62. The molecule has 0 bridgehead atoms. The van der Waals surface area contributed by atoms with Crippen molar-refractivity contribution in [1.29, 1.82) is 0 Å². The lowest BCUT2D eigenvalue weighted by Gasteiger charge is -2.14. The number of hydrogen-bond donors (Lipinski definition) is 1. The quantitative estimate of drug-likeness (QED) is 0.781. The average molecular weight is 227 g/mol. The van der Waals surface area contributed by atoms with Crippen LogP contribution in [0.3, 0.4) is 0 Å². The summed E-state index contributed by atoms with van der Waals surface area (Å²) >= 11 is 0. The minimum atomic E-state index is -0.782. The first-order valence-electron chi connectivity index (χ1n) is 4.75. The molecule has 0 aromatic heterocycles. The summed E-state index contributed by atoms with van der Waals surface area (Å²) in [5, 5.41) is 0. The molecule has 1 atom stereocenters. The maximum atomic E-state index is 13.6. The molecule has 0 heterocycles. The van der Waals surface area contributed by atoms with Crippen LogP contribution in [-0.4, -0.2) is 26.7 Å². The molecule has 16 heavy (non-hydrogen) atoms. The van der Waals surface area contributed by atoms with Crippen LogP contribution in [0.2, 0.25) is 0 Å². The maximum Gasteiger partial charge on any atom is 0.314 e. The van der Waals surface area contributed by atoms with Crippen LogP contribution in [0.5, 0.6) is 5.75 Å². The minimum absolute atomic E-state index is 0.00405. The monoisotopic (exact) mass is 227 g/mol. The number of benzene rings is 1. The van der Waals surface area contributed by atoms with Gasteiger partial charge in [0.15, 0.2) is 0 Å². The number of carbonyl (C=O) groups excluding carboxylic acids is 1. The Kier molecular flexibility index (Phi) is 4.25. The van der Waals surface area contributed by atoms with Gasteiger partial charge in [-0.15, -0.1) is 0 Å². The highest BCUT2D eigenvalue weighted by atomic mass is 19.1. The zero-order valence-corrected chi connectivity index (χ0v) is 9.20. The number of esters is 1. The fourth-order valence-corrected chi connectivity index (χ4v) is 1.41. The minimum Gasteiger partial charge on any atom is -0.497 e. The molecule has 0 aliphatic carbocycles. The molecule has 0 fully saturated rings. The van der Waals surface area contributed by atoms with Crippen molar-refractivity contribution in [3.05, 3.63) is 29.6 Å². The summed E-state index contributed by atoms with van der Waals surface area (Å²) in [4.78, 5) is 11.4. The molecule has 1 unspecified atom stereocenters. The SMILES string of the molecule is COC(=O)C(CN)c1ccc(OC)cc1F. The zero-order chi connectivity index (χ0) is 12.1. The van der Waals surface area contributed by atoms with Crippen LogP contribution in [0.1, 0.15) is 11.5 Å². The Balaban J connectivity index is 3.06. The largest absolute Gasteiger partial charge is 0.497 e.